The van der Waals surface area contributed by atoms with Crippen LogP contribution < -0.4 is 24.3 Å². The van der Waals surface area contributed by atoms with Crippen LogP contribution in [0.5, 0.6) is 23.0 Å². The number of anilines is 1. The highest BCUT2D eigenvalue weighted by atomic mass is 16.5. The minimum absolute atomic E-state index is 0.0934. The van der Waals surface area contributed by atoms with E-state index in [9.17, 15) is 9.90 Å². The molecule has 1 unspecified atom stereocenters. The molecule has 0 aliphatic carbocycles. The van der Waals surface area contributed by atoms with Crippen LogP contribution in [0.4, 0.5) is 5.69 Å². The van der Waals surface area contributed by atoms with E-state index < -0.39 is 6.10 Å². The molecule has 2 rings (SSSR count). The molecule has 0 heterocycles. The van der Waals surface area contributed by atoms with Gasteiger partial charge in [0, 0.05) is 20.0 Å². The Labute approximate surface area is 177 Å². The first-order chi connectivity index (χ1) is 14.4. The summed E-state index contributed by atoms with van der Waals surface area (Å²) in [5.74, 6) is 2.03. The Kier molecular flexibility index (Phi) is 8.76. The van der Waals surface area contributed by atoms with E-state index in [0.29, 0.717) is 41.8 Å². The van der Waals surface area contributed by atoms with E-state index in [1.807, 2.05) is 30.1 Å². The van der Waals surface area contributed by atoms with Crippen molar-refractivity contribution in [3.63, 3.8) is 0 Å². The van der Waals surface area contributed by atoms with Gasteiger partial charge in [-0.25, -0.2) is 0 Å². The van der Waals surface area contributed by atoms with E-state index >= 15 is 0 Å². The van der Waals surface area contributed by atoms with Gasteiger partial charge in [0.1, 0.15) is 18.5 Å². The van der Waals surface area contributed by atoms with Gasteiger partial charge < -0.3 is 29.4 Å². The van der Waals surface area contributed by atoms with Crippen molar-refractivity contribution in [2.75, 3.05) is 46.8 Å². The van der Waals surface area contributed by atoms with Crippen LogP contribution in [-0.4, -0.2) is 63.5 Å². The van der Waals surface area contributed by atoms with Gasteiger partial charge in [-0.1, -0.05) is 12.1 Å². The topological polar surface area (TPSA) is 89.5 Å². The quantitative estimate of drug-likeness (QED) is 0.580. The van der Waals surface area contributed by atoms with E-state index in [0.717, 1.165) is 5.56 Å². The summed E-state index contributed by atoms with van der Waals surface area (Å²) < 4.78 is 21.8. The molecule has 164 valence electrons. The number of aliphatic hydroxyl groups excluding tert-OH is 1. The van der Waals surface area contributed by atoms with Crippen LogP contribution in [-0.2, 0) is 11.3 Å². The van der Waals surface area contributed by atoms with Crippen LogP contribution in [0.3, 0.4) is 0 Å². The van der Waals surface area contributed by atoms with Crippen LogP contribution in [0.1, 0.15) is 12.5 Å². The number of para-hydroxylation sites is 2. The number of carbonyl (C=O) groups excluding carboxylic acids is 1. The smallest absolute Gasteiger partial charge is 0.221 e. The zero-order valence-corrected chi connectivity index (χ0v) is 18.1. The number of likely N-dealkylation sites (N-methyl/N-ethyl adjacent to an activating group) is 1. The van der Waals surface area contributed by atoms with Crippen molar-refractivity contribution in [3.05, 3.63) is 42.0 Å². The fraction of sp³-hybridized carbons (Fsp3) is 0.409. The maximum Gasteiger partial charge on any atom is 0.221 e. The summed E-state index contributed by atoms with van der Waals surface area (Å²) in [4.78, 5) is 13.3. The zero-order valence-electron chi connectivity index (χ0n) is 18.1. The summed E-state index contributed by atoms with van der Waals surface area (Å²) in [5, 5.41) is 13.1. The lowest BCUT2D eigenvalue weighted by Crippen LogP contribution is -2.32. The molecule has 0 fully saturated rings. The highest BCUT2D eigenvalue weighted by Gasteiger charge is 2.16. The average Bonchev–Trinajstić information content (AvgIpc) is 2.71. The minimum atomic E-state index is -0.720. The van der Waals surface area contributed by atoms with Crippen molar-refractivity contribution >= 4 is 11.6 Å². The lowest BCUT2D eigenvalue weighted by atomic mass is 10.1. The SMILES string of the molecule is COc1cc(CN(C)CC(O)COc2ccccc2NC(C)=O)cc(OC)c1OC. The Hall–Kier alpha value is -2.97. The molecule has 0 saturated heterocycles. The standard InChI is InChI=1S/C22H30N2O6/c1-15(25)23-18-8-6-7-9-19(18)30-14-17(26)13-24(2)12-16-10-20(27-3)22(29-5)21(11-16)28-4/h6-11,17,26H,12-14H2,1-5H3,(H,23,25). The van der Waals surface area contributed by atoms with Gasteiger partial charge in [-0.3, -0.25) is 9.69 Å². The summed E-state index contributed by atoms with van der Waals surface area (Å²) in [6, 6.07) is 10.9. The number of benzene rings is 2. The van der Waals surface area contributed by atoms with Crippen LogP contribution in [0.2, 0.25) is 0 Å². The summed E-state index contributed by atoms with van der Waals surface area (Å²) in [7, 11) is 6.61. The molecule has 0 bridgehead atoms. The van der Waals surface area contributed by atoms with Crippen LogP contribution >= 0.6 is 0 Å². The molecule has 0 aromatic heterocycles. The number of hydrogen-bond donors (Lipinski definition) is 2. The minimum Gasteiger partial charge on any atom is -0.493 e. The third-order valence-electron chi connectivity index (χ3n) is 4.33. The highest BCUT2D eigenvalue weighted by Crippen LogP contribution is 2.38. The molecule has 0 aliphatic rings. The number of carbonyl (C=O) groups is 1. The number of rotatable bonds is 11. The van der Waals surface area contributed by atoms with E-state index in [-0.39, 0.29) is 12.5 Å². The summed E-state index contributed by atoms with van der Waals surface area (Å²) in [5.41, 5.74) is 1.53. The lowest BCUT2D eigenvalue weighted by Gasteiger charge is -2.22. The molecule has 8 nitrogen and oxygen atoms in total. The van der Waals surface area contributed by atoms with Gasteiger partial charge in [-0.05, 0) is 36.9 Å². The largest absolute Gasteiger partial charge is 0.493 e. The monoisotopic (exact) mass is 418 g/mol. The van der Waals surface area contributed by atoms with E-state index in [4.69, 9.17) is 18.9 Å². The fourth-order valence-corrected chi connectivity index (χ4v) is 3.09. The normalized spacial score (nSPS) is 11.7. The van der Waals surface area contributed by atoms with Crippen molar-refractivity contribution in [1.82, 2.24) is 4.90 Å². The van der Waals surface area contributed by atoms with Crippen molar-refractivity contribution in [1.29, 1.82) is 0 Å². The van der Waals surface area contributed by atoms with Crippen LogP contribution in [0.25, 0.3) is 0 Å². The zero-order chi connectivity index (χ0) is 22.1. The second-order valence-corrected chi connectivity index (χ2v) is 6.87. The van der Waals surface area contributed by atoms with Crippen molar-refractivity contribution in [3.8, 4) is 23.0 Å². The van der Waals surface area contributed by atoms with E-state index in [1.54, 1.807) is 39.5 Å². The molecule has 0 aliphatic heterocycles. The molecule has 1 amide bonds. The Morgan fingerprint density at radius 1 is 1.07 bits per heavy atom. The fourth-order valence-electron chi connectivity index (χ4n) is 3.09. The van der Waals surface area contributed by atoms with Gasteiger partial charge in [0.25, 0.3) is 0 Å². The molecule has 8 heteroatoms. The number of nitrogens with one attached hydrogen (secondary N) is 1. The maximum atomic E-state index is 11.3. The van der Waals surface area contributed by atoms with Gasteiger partial charge >= 0.3 is 0 Å². The predicted octanol–water partition coefficient (Wildman–Crippen LogP) is 2.54. The number of ether oxygens (including phenoxy) is 4. The number of amides is 1. The second-order valence-electron chi connectivity index (χ2n) is 6.87. The van der Waals surface area contributed by atoms with Crippen molar-refractivity contribution in [2.45, 2.75) is 19.6 Å². The summed E-state index contributed by atoms with van der Waals surface area (Å²) >= 11 is 0. The van der Waals surface area contributed by atoms with Gasteiger partial charge in [0.15, 0.2) is 11.5 Å². The van der Waals surface area contributed by atoms with Gasteiger partial charge in [-0.2, -0.15) is 0 Å². The van der Waals surface area contributed by atoms with Gasteiger partial charge in [-0.15, -0.1) is 0 Å². The van der Waals surface area contributed by atoms with E-state index in [1.165, 1.54) is 6.92 Å². The van der Waals surface area contributed by atoms with E-state index in [2.05, 4.69) is 5.32 Å². The summed E-state index contributed by atoms with van der Waals surface area (Å²) in [6.45, 7) is 2.48. The van der Waals surface area contributed by atoms with Crippen molar-refractivity contribution in [2.24, 2.45) is 0 Å². The lowest BCUT2D eigenvalue weighted by molar-refractivity contribution is -0.114. The Bertz CT molecular complexity index is 817. The molecule has 2 aromatic rings. The molecule has 30 heavy (non-hydrogen) atoms. The average molecular weight is 418 g/mol. The predicted molar refractivity (Wildman–Crippen MR) is 115 cm³/mol. The number of aliphatic hydroxyl groups is 1. The molecule has 2 aromatic carbocycles. The van der Waals surface area contributed by atoms with Gasteiger partial charge in [0.05, 0.1) is 27.0 Å². The third kappa shape index (κ3) is 6.53. The molecule has 2 N–H and O–H groups in total. The maximum absolute atomic E-state index is 11.3. The molecular formula is C22H30N2O6. The van der Waals surface area contributed by atoms with Crippen molar-refractivity contribution < 1.29 is 28.8 Å². The molecule has 0 spiro atoms. The molecule has 0 saturated carbocycles. The number of methoxy groups -OCH3 is 3. The Morgan fingerprint density at radius 2 is 1.70 bits per heavy atom. The second kappa shape index (κ2) is 11.3. The number of nitrogens with zero attached hydrogens (tertiary/aromatic N) is 1. The molecule has 0 radical (unpaired) electrons. The molecular weight excluding hydrogens is 388 g/mol. The highest BCUT2D eigenvalue weighted by molar-refractivity contribution is 5.90. The summed E-state index contributed by atoms with van der Waals surface area (Å²) in [6.07, 6.45) is -0.720. The van der Waals surface area contributed by atoms with Crippen LogP contribution in [0.15, 0.2) is 36.4 Å². The Balaban J connectivity index is 1.95. The first-order valence-electron chi connectivity index (χ1n) is 9.52. The first-order valence-corrected chi connectivity index (χ1v) is 9.52. The van der Waals surface area contributed by atoms with Crippen LogP contribution in [0, 0.1) is 0 Å². The third-order valence-corrected chi connectivity index (χ3v) is 4.33. The Morgan fingerprint density at radius 3 is 2.27 bits per heavy atom. The molecule has 1 atom stereocenters. The van der Waals surface area contributed by atoms with Gasteiger partial charge in [0.2, 0.25) is 11.7 Å². The first kappa shape index (κ1) is 23.3. The number of hydrogen-bond acceptors (Lipinski definition) is 7.